The van der Waals surface area contributed by atoms with Crippen molar-refractivity contribution in [2.75, 3.05) is 13.2 Å². The molecule has 0 aromatic heterocycles. The lowest BCUT2D eigenvalue weighted by atomic mass is 9.86. The van der Waals surface area contributed by atoms with Crippen LogP contribution in [0.5, 0.6) is 5.75 Å². The predicted octanol–water partition coefficient (Wildman–Crippen LogP) is 3.90. The zero-order chi connectivity index (χ0) is 18.9. The number of carbonyl (C=O) groups excluding carboxylic acids is 1. The quantitative estimate of drug-likeness (QED) is 0.340. The van der Waals surface area contributed by atoms with Crippen LogP contribution in [0.2, 0.25) is 0 Å². The maximum Gasteiger partial charge on any atom is 0.311 e. The van der Waals surface area contributed by atoms with Crippen LogP contribution in [0.15, 0.2) is 42.5 Å². The van der Waals surface area contributed by atoms with Crippen molar-refractivity contribution in [2.24, 2.45) is 0 Å². The third-order valence-corrected chi connectivity index (χ3v) is 4.26. The number of ketones is 1. The first-order valence-electron chi connectivity index (χ1n) is 8.44. The fourth-order valence-corrected chi connectivity index (χ4v) is 2.62. The van der Waals surface area contributed by atoms with Crippen molar-refractivity contribution in [1.82, 2.24) is 0 Å². The molecule has 1 aliphatic heterocycles. The highest BCUT2D eigenvalue weighted by Crippen LogP contribution is 2.33. The molecule has 2 aromatic rings. The Hall–Kier alpha value is -2.73. The van der Waals surface area contributed by atoms with E-state index < -0.39 is 4.92 Å². The Labute approximate surface area is 151 Å². The topological polar surface area (TPSA) is 82.0 Å². The van der Waals surface area contributed by atoms with E-state index in [-0.39, 0.29) is 40.9 Å². The van der Waals surface area contributed by atoms with Gasteiger partial charge in [0, 0.05) is 11.6 Å². The summed E-state index contributed by atoms with van der Waals surface area (Å²) < 4.78 is 10.7. The monoisotopic (exact) mass is 355 g/mol. The summed E-state index contributed by atoms with van der Waals surface area (Å²) in [4.78, 5) is 23.7. The maximum atomic E-state index is 12.9. The van der Waals surface area contributed by atoms with Crippen molar-refractivity contribution < 1.29 is 19.2 Å². The second-order valence-corrected chi connectivity index (χ2v) is 7.33. The van der Waals surface area contributed by atoms with Gasteiger partial charge >= 0.3 is 5.69 Å². The van der Waals surface area contributed by atoms with Crippen LogP contribution in [-0.4, -0.2) is 30.0 Å². The number of benzene rings is 2. The standard InChI is InChI=1S/C20H21NO5/c1-20(2,3)14-9-7-13(8-10-14)18(22)16-5-4-6-17(21(23)24)19(16)26-12-15-11-25-15/h4-10,15H,11-12H2,1-3H3. The highest BCUT2D eigenvalue weighted by atomic mass is 16.6. The first-order chi connectivity index (χ1) is 12.3. The van der Waals surface area contributed by atoms with Crippen LogP contribution in [0, 0.1) is 10.1 Å². The average Bonchev–Trinajstić information content (AvgIpc) is 3.42. The Morgan fingerprint density at radius 1 is 1.23 bits per heavy atom. The van der Waals surface area contributed by atoms with Gasteiger partial charge in [0.2, 0.25) is 5.75 Å². The fourth-order valence-electron chi connectivity index (χ4n) is 2.62. The van der Waals surface area contributed by atoms with E-state index in [0.717, 1.165) is 5.56 Å². The van der Waals surface area contributed by atoms with Gasteiger partial charge in [0.25, 0.3) is 0 Å². The SMILES string of the molecule is CC(C)(C)c1ccc(C(=O)c2cccc([N+](=O)[O-])c2OCC2CO2)cc1. The Kier molecular flexibility index (Phi) is 4.78. The van der Waals surface area contributed by atoms with Gasteiger partial charge in [-0.3, -0.25) is 14.9 Å². The predicted molar refractivity (Wildman–Crippen MR) is 96.9 cm³/mol. The van der Waals surface area contributed by atoms with Gasteiger partial charge in [-0.25, -0.2) is 0 Å². The molecule has 0 saturated carbocycles. The van der Waals surface area contributed by atoms with Crippen LogP contribution in [0.3, 0.4) is 0 Å². The molecule has 2 aromatic carbocycles. The van der Waals surface area contributed by atoms with Crippen LogP contribution >= 0.6 is 0 Å². The minimum Gasteiger partial charge on any atom is -0.483 e. The van der Waals surface area contributed by atoms with E-state index in [0.29, 0.717) is 12.2 Å². The van der Waals surface area contributed by atoms with Gasteiger partial charge in [-0.2, -0.15) is 0 Å². The number of hydrogen-bond donors (Lipinski definition) is 0. The van der Waals surface area contributed by atoms with Gasteiger partial charge in [-0.15, -0.1) is 0 Å². The summed E-state index contributed by atoms with van der Waals surface area (Å²) in [6.45, 7) is 7.04. The van der Waals surface area contributed by atoms with Crippen molar-refractivity contribution in [3.63, 3.8) is 0 Å². The van der Waals surface area contributed by atoms with Gasteiger partial charge in [-0.05, 0) is 17.0 Å². The average molecular weight is 355 g/mol. The molecule has 0 spiro atoms. The summed E-state index contributed by atoms with van der Waals surface area (Å²) >= 11 is 0. The largest absolute Gasteiger partial charge is 0.483 e. The molecule has 26 heavy (non-hydrogen) atoms. The number of rotatable bonds is 6. The lowest BCUT2D eigenvalue weighted by Crippen LogP contribution is -2.13. The molecule has 6 heteroatoms. The van der Waals surface area contributed by atoms with Crippen molar-refractivity contribution in [2.45, 2.75) is 32.3 Å². The summed E-state index contributed by atoms with van der Waals surface area (Å²) in [5, 5.41) is 11.3. The van der Waals surface area contributed by atoms with Gasteiger partial charge in [0.15, 0.2) is 5.78 Å². The molecule has 136 valence electrons. The second-order valence-electron chi connectivity index (χ2n) is 7.33. The van der Waals surface area contributed by atoms with E-state index in [1.54, 1.807) is 18.2 Å². The van der Waals surface area contributed by atoms with Crippen LogP contribution < -0.4 is 4.74 Å². The summed E-state index contributed by atoms with van der Waals surface area (Å²) in [6.07, 6.45) is -0.0659. The zero-order valence-electron chi connectivity index (χ0n) is 15.0. The number of hydrogen-bond acceptors (Lipinski definition) is 5. The third kappa shape index (κ3) is 3.91. The number of nitro benzene ring substituents is 1. The van der Waals surface area contributed by atoms with E-state index in [9.17, 15) is 14.9 Å². The molecule has 1 heterocycles. The second kappa shape index (κ2) is 6.88. The summed E-state index contributed by atoms with van der Waals surface area (Å²) in [7, 11) is 0. The molecular weight excluding hydrogens is 334 g/mol. The molecule has 1 saturated heterocycles. The Morgan fingerprint density at radius 3 is 2.42 bits per heavy atom. The first kappa shape index (κ1) is 18.1. The molecule has 6 nitrogen and oxygen atoms in total. The van der Waals surface area contributed by atoms with Crippen molar-refractivity contribution in [3.8, 4) is 5.75 Å². The van der Waals surface area contributed by atoms with Crippen LogP contribution in [0.25, 0.3) is 0 Å². The minimum absolute atomic E-state index is 0.00195. The molecule has 0 bridgehead atoms. The zero-order valence-corrected chi connectivity index (χ0v) is 15.0. The molecule has 1 unspecified atom stereocenters. The molecular formula is C20H21NO5. The molecule has 3 rings (SSSR count). The molecule has 0 amide bonds. The van der Waals surface area contributed by atoms with Gasteiger partial charge < -0.3 is 9.47 Å². The fraction of sp³-hybridized carbons (Fsp3) is 0.350. The third-order valence-electron chi connectivity index (χ3n) is 4.26. The lowest BCUT2D eigenvalue weighted by molar-refractivity contribution is -0.385. The Bertz CT molecular complexity index is 832. The number of nitrogens with zero attached hydrogens (tertiary/aromatic N) is 1. The van der Waals surface area contributed by atoms with Gasteiger partial charge in [0.1, 0.15) is 12.7 Å². The molecule has 1 aliphatic rings. The highest BCUT2D eigenvalue weighted by Gasteiger charge is 2.28. The van der Waals surface area contributed by atoms with Gasteiger partial charge in [0.05, 0.1) is 17.1 Å². The summed E-state index contributed by atoms with van der Waals surface area (Å²) in [5.41, 5.74) is 1.51. The maximum absolute atomic E-state index is 12.9. The lowest BCUT2D eigenvalue weighted by Gasteiger charge is -2.19. The van der Waals surface area contributed by atoms with Crippen LogP contribution in [-0.2, 0) is 10.2 Å². The first-order valence-corrected chi connectivity index (χ1v) is 8.44. The summed E-state index contributed by atoms with van der Waals surface area (Å²) in [6, 6.07) is 11.7. The van der Waals surface area contributed by atoms with E-state index in [2.05, 4.69) is 20.8 Å². The Morgan fingerprint density at radius 2 is 1.88 bits per heavy atom. The van der Waals surface area contributed by atoms with E-state index >= 15 is 0 Å². The van der Waals surface area contributed by atoms with E-state index in [4.69, 9.17) is 9.47 Å². The smallest absolute Gasteiger partial charge is 0.311 e. The van der Waals surface area contributed by atoms with Gasteiger partial charge in [-0.1, -0.05) is 51.1 Å². The van der Waals surface area contributed by atoms with E-state index in [1.165, 1.54) is 12.1 Å². The molecule has 1 atom stereocenters. The normalized spacial score (nSPS) is 16.2. The Balaban J connectivity index is 1.95. The number of para-hydroxylation sites is 1. The van der Waals surface area contributed by atoms with E-state index in [1.807, 2.05) is 12.1 Å². The van der Waals surface area contributed by atoms with Crippen molar-refractivity contribution in [3.05, 3.63) is 69.3 Å². The van der Waals surface area contributed by atoms with Crippen LogP contribution in [0.4, 0.5) is 5.69 Å². The molecule has 0 N–H and O–H groups in total. The van der Waals surface area contributed by atoms with Crippen LogP contribution in [0.1, 0.15) is 42.3 Å². The van der Waals surface area contributed by atoms with Crippen molar-refractivity contribution in [1.29, 1.82) is 0 Å². The molecule has 0 aliphatic carbocycles. The number of nitro groups is 1. The van der Waals surface area contributed by atoms with Crippen molar-refractivity contribution >= 4 is 11.5 Å². The molecule has 0 radical (unpaired) electrons. The molecule has 1 fully saturated rings. The summed E-state index contributed by atoms with van der Waals surface area (Å²) in [5.74, 6) is -0.307. The number of carbonyl (C=O) groups is 1. The number of ether oxygens (including phenoxy) is 2. The minimum atomic E-state index is -0.539. The highest BCUT2D eigenvalue weighted by molar-refractivity contribution is 6.11. The number of epoxide rings is 1.